The number of carbonyl (C=O) groups excluding carboxylic acids is 1. The summed E-state index contributed by atoms with van der Waals surface area (Å²) in [5.74, 6) is 0.0232. The van der Waals surface area contributed by atoms with Gasteiger partial charge in [-0.1, -0.05) is 25.1 Å². The Morgan fingerprint density at radius 3 is 3.06 bits per heavy atom. The third kappa shape index (κ3) is 2.64. The highest BCUT2D eigenvalue weighted by molar-refractivity contribution is 5.83. The van der Waals surface area contributed by atoms with Crippen molar-refractivity contribution in [2.45, 2.75) is 19.8 Å². The number of amides is 1. The van der Waals surface area contributed by atoms with E-state index in [-0.39, 0.29) is 12.5 Å². The lowest BCUT2D eigenvalue weighted by atomic mass is 9.80. The van der Waals surface area contributed by atoms with E-state index in [1.807, 2.05) is 25.1 Å². The Balaban J connectivity index is 2.17. The van der Waals surface area contributed by atoms with E-state index in [0.29, 0.717) is 6.54 Å². The first-order valence-electron chi connectivity index (χ1n) is 6.37. The third-order valence-electron chi connectivity index (χ3n) is 3.54. The summed E-state index contributed by atoms with van der Waals surface area (Å²) in [7, 11) is 0. The molecule has 4 nitrogen and oxygen atoms in total. The number of para-hydroxylation sites is 1. The molecule has 1 atom stereocenters. The summed E-state index contributed by atoms with van der Waals surface area (Å²) in [6.45, 7) is 3.09. The van der Waals surface area contributed by atoms with E-state index in [1.165, 1.54) is 5.56 Å². The van der Waals surface area contributed by atoms with Crippen molar-refractivity contribution in [1.29, 1.82) is 0 Å². The summed E-state index contributed by atoms with van der Waals surface area (Å²) >= 11 is 0. The molecule has 1 heterocycles. The fourth-order valence-electron chi connectivity index (χ4n) is 2.41. The van der Waals surface area contributed by atoms with E-state index in [9.17, 15) is 4.79 Å². The number of aliphatic hydroxyl groups is 1. The minimum absolute atomic E-state index is 0.0172. The largest absolute Gasteiger partial charge is 0.395 e. The van der Waals surface area contributed by atoms with Gasteiger partial charge in [-0.2, -0.15) is 0 Å². The van der Waals surface area contributed by atoms with Gasteiger partial charge < -0.3 is 15.7 Å². The van der Waals surface area contributed by atoms with Gasteiger partial charge in [0.1, 0.15) is 0 Å². The quantitative estimate of drug-likeness (QED) is 0.752. The maximum Gasteiger partial charge on any atom is 0.226 e. The second kappa shape index (κ2) is 5.40. The highest BCUT2D eigenvalue weighted by Crippen LogP contribution is 2.33. The molecular formula is C14H20N2O2. The van der Waals surface area contributed by atoms with Crippen LogP contribution < -0.4 is 10.6 Å². The summed E-state index contributed by atoms with van der Waals surface area (Å²) < 4.78 is 0. The number of carbonyl (C=O) groups is 1. The Hall–Kier alpha value is -1.55. The molecule has 0 aliphatic carbocycles. The smallest absolute Gasteiger partial charge is 0.226 e. The van der Waals surface area contributed by atoms with E-state index in [1.54, 1.807) is 0 Å². The lowest BCUT2D eigenvalue weighted by Gasteiger charge is -2.26. The highest BCUT2D eigenvalue weighted by Gasteiger charge is 2.34. The Morgan fingerprint density at radius 2 is 2.28 bits per heavy atom. The topological polar surface area (TPSA) is 61.4 Å². The first kappa shape index (κ1) is 12.9. The average molecular weight is 248 g/mol. The normalized spacial score (nSPS) is 22.6. The van der Waals surface area contributed by atoms with E-state index in [4.69, 9.17) is 5.11 Å². The fraction of sp³-hybridized carbons (Fsp3) is 0.500. The van der Waals surface area contributed by atoms with Crippen LogP contribution in [0.25, 0.3) is 0 Å². The number of nitrogens with one attached hydrogen (secondary N) is 2. The summed E-state index contributed by atoms with van der Waals surface area (Å²) in [4.78, 5) is 12.2. The number of aliphatic hydroxyl groups excluding tert-OH is 1. The Kier molecular flexibility index (Phi) is 3.87. The van der Waals surface area contributed by atoms with Crippen molar-refractivity contribution in [2.24, 2.45) is 5.41 Å². The van der Waals surface area contributed by atoms with Gasteiger partial charge in [-0.05, 0) is 24.5 Å². The molecular weight excluding hydrogens is 228 g/mol. The van der Waals surface area contributed by atoms with Crippen molar-refractivity contribution in [3.63, 3.8) is 0 Å². The second-order valence-electron chi connectivity index (χ2n) is 5.05. The molecule has 1 aliphatic heterocycles. The molecule has 1 aromatic carbocycles. The maximum absolute atomic E-state index is 12.2. The SMILES string of the molecule is CC1(C(=O)NCCO)CCNc2ccccc2C1. The average Bonchev–Trinajstić information content (AvgIpc) is 2.54. The molecule has 0 saturated heterocycles. The second-order valence-corrected chi connectivity index (χ2v) is 5.05. The number of hydrogen-bond donors (Lipinski definition) is 3. The number of rotatable bonds is 3. The van der Waals surface area contributed by atoms with Gasteiger partial charge in [-0.25, -0.2) is 0 Å². The van der Waals surface area contributed by atoms with Crippen molar-refractivity contribution in [3.05, 3.63) is 29.8 Å². The molecule has 18 heavy (non-hydrogen) atoms. The van der Waals surface area contributed by atoms with Crippen LogP contribution in [0.5, 0.6) is 0 Å². The maximum atomic E-state index is 12.2. The summed E-state index contributed by atoms with van der Waals surface area (Å²) in [5.41, 5.74) is 1.89. The molecule has 0 aromatic heterocycles. The van der Waals surface area contributed by atoms with E-state index in [0.717, 1.165) is 25.1 Å². The first-order chi connectivity index (χ1) is 8.65. The van der Waals surface area contributed by atoms with Crippen molar-refractivity contribution < 1.29 is 9.90 Å². The minimum atomic E-state index is -0.408. The van der Waals surface area contributed by atoms with Crippen molar-refractivity contribution >= 4 is 11.6 Å². The molecule has 0 fully saturated rings. The third-order valence-corrected chi connectivity index (χ3v) is 3.54. The zero-order chi connectivity index (χ0) is 13.0. The Morgan fingerprint density at radius 1 is 1.50 bits per heavy atom. The molecule has 1 amide bonds. The van der Waals surface area contributed by atoms with Crippen LogP contribution in [0.4, 0.5) is 5.69 Å². The number of fused-ring (bicyclic) bond motifs is 1. The molecule has 4 heteroatoms. The molecule has 0 saturated carbocycles. The van der Waals surface area contributed by atoms with Crippen LogP contribution in [-0.4, -0.2) is 30.7 Å². The van der Waals surface area contributed by atoms with Gasteiger partial charge in [0.25, 0.3) is 0 Å². The van der Waals surface area contributed by atoms with Crippen LogP contribution >= 0.6 is 0 Å². The van der Waals surface area contributed by atoms with Gasteiger partial charge >= 0.3 is 0 Å². The minimum Gasteiger partial charge on any atom is -0.395 e. The molecule has 2 rings (SSSR count). The Bertz CT molecular complexity index is 434. The predicted octanol–water partition coefficient (Wildman–Crippen LogP) is 1.16. The molecule has 3 N–H and O–H groups in total. The summed E-state index contributed by atoms with van der Waals surface area (Å²) in [6.07, 6.45) is 1.52. The zero-order valence-corrected chi connectivity index (χ0v) is 10.7. The molecule has 0 radical (unpaired) electrons. The van der Waals surface area contributed by atoms with Gasteiger partial charge in [0.15, 0.2) is 0 Å². The first-order valence-corrected chi connectivity index (χ1v) is 6.37. The fourth-order valence-corrected chi connectivity index (χ4v) is 2.41. The lowest BCUT2D eigenvalue weighted by Crippen LogP contribution is -2.41. The van der Waals surface area contributed by atoms with Crippen LogP contribution in [0.1, 0.15) is 18.9 Å². The van der Waals surface area contributed by atoms with Gasteiger partial charge in [-0.15, -0.1) is 0 Å². The van der Waals surface area contributed by atoms with E-state index >= 15 is 0 Å². The number of anilines is 1. The standard InChI is InChI=1S/C14H20N2O2/c1-14(13(18)16-8-9-17)6-7-15-12-5-3-2-4-11(12)10-14/h2-5,15,17H,6-10H2,1H3,(H,16,18). The van der Waals surface area contributed by atoms with Gasteiger partial charge in [-0.3, -0.25) is 4.79 Å². The van der Waals surface area contributed by atoms with Crippen LogP contribution in [0, 0.1) is 5.41 Å². The van der Waals surface area contributed by atoms with E-state index in [2.05, 4.69) is 16.7 Å². The number of benzene rings is 1. The molecule has 1 unspecified atom stereocenters. The molecule has 1 aromatic rings. The number of hydrogen-bond acceptors (Lipinski definition) is 3. The molecule has 0 bridgehead atoms. The molecule has 98 valence electrons. The van der Waals surface area contributed by atoms with Gasteiger partial charge in [0.05, 0.1) is 12.0 Å². The van der Waals surface area contributed by atoms with Gasteiger partial charge in [0.2, 0.25) is 5.91 Å². The van der Waals surface area contributed by atoms with Crippen molar-refractivity contribution in [2.75, 3.05) is 25.0 Å². The highest BCUT2D eigenvalue weighted by atomic mass is 16.3. The molecule has 0 spiro atoms. The van der Waals surface area contributed by atoms with Crippen molar-refractivity contribution in [3.8, 4) is 0 Å². The summed E-state index contributed by atoms with van der Waals surface area (Å²) in [6, 6.07) is 8.11. The van der Waals surface area contributed by atoms with Crippen LogP contribution in [0.2, 0.25) is 0 Å². The molecule has 1 aliphatic rings. The zero-order valence-electron chi connectivity index (χ0n) is 10.7. The lowest BCUT2D eigenvalue weighted by molar-refractivity contribution is -0.130. The van der Waals surface area contributed by atoms with Gasteiger partial charge in [0, 0.05) is 18.8 Å². The summed E-state index contributed by atoms with van der Waals surface area (Å²) in [5, 5.41) is 14.9. The van der Waals surface area contributed by atoms with Crippen LogP contribution in [0.3, 0.4) is 0 Å². The van der Waals surface area contributed by atoms with Crippen LogP contribution in [-0.2, 0) is 11.2 Å². The van der Waals surface area contributed by atoms with E-state index < -0.39 is 5.41 Å². The van der Waals surface area contributed by atoms with Crippen molar-refractivity contribution in [1.82, 2.24) is 5.32 Å². The predicted molar refractivity (Wildman–Crippen MR) is 71.5 cm³/mol. The monoisotopic (exact) mass is 248 g/mol. The van der Waals surface area contributed by atoms with Crippen LogP contribution in [0.15, 0.2) is 24.3 Å². The Labute approximate surface area is 107 Å².